The summed E-state index contributed by atoms with van der Waals surface area (Å²) in [4.78, 5) is -0.476. The molecule has 0 heterocycles. The maximum Gasteiger partial charge on any atom is 0.106 e. The first kappa shape index (κ1) is 20.2. The van der Waals surface area contributed by atoms with Gasteiger partial charge in [0.1, 0.15) is 4.49 Å². The number of hydrogen-bond donors (Lipinski definition) is 3. The number of fused-ring (bicyclic) bond motifs is 1. The molecule has 0 aromatic carbocycles. The van der Waals surface area contributed by atoms with Crippen LogP contribution in [0.4, 0.5) is 0 Å². The van der Waals surface area contributed by atoms with E-state index in [4.69, 9.17) is 40.5 Å². The molecule has 3 nitrogen and oxygen atoms in total. The summed E-state index contributed by atoms with van der Waals surface area (Å²) in [6, 6.07) is 0. The van der Waals surface area contributed by atoms with E-state index >= 15 is 0 Å². The van der Waals surface area contributed by atoms with Gasteiger partial charge in [0.2, 0.25) is 0 Å². The lowest BCUT2D eigenvalue weighted by Crippen LogP contribution is -2.55. The Morgan fingerprint density at radius 3 is 2.52 bits per heavy atom. The molecule has 6 heteroatoms. The minimum absolute atomic E-state index is 0.00944. The second kappa shape index (κ2) is 7.48. The van der Waals surface area contributed by atoms with Crippen LogP contribution >= 0.6 is 34.8 Å². The topological polar surface area (TPSA) is 66.5 Å². The summed E-state index contributed by atoms with van der Waals surface area (Å²) in [6.07, 6.45) is 5.62. The Bertz CT molecular complexity index is 539. The molecule has 0 amide bonds. The summed E-state index contributed by atoms with van der Waals surface area (Å²) in [5.41, 5.74) is 7.45. The van der Waals surface area contributed by atoms with E-state index in [-0.39, 0.29) is 30.0 Å². The van der Waals surface area contributed by atoms with E-state index in [0.717, 1.165) is 32.1 Å². The molecule has 3 aliphatic rings. The smallest absolute Gasteiger partial charge is 0.106 e. The molecule has 0 aromatic heterocycles. The molecule has 144 valence electrons. The van der Waals surface area contributed by atoms with E-state index in [1.807, 2.05) is 0 Å². The van der Waals surface area contributed by atoms with Crippen LogP contribution in [0, 0.1) is 29.1 Å². The molecule has 0 spiro atoms. The molecular formula is C19H30Cl3NO2. The summed E-state index contributed by atoms with van der Waals surface area (Å²) >= 11 is 19.6. The molecule has 6 unspecified atom stereocenters. The molecule has 3 fully saturated rings. The number of rotatable bonds is 3. The van der Waals surface area contributed by atoms with Gasteiger partial charge >= 0.3 is 0 Å². The van der Waals surface area contributed by atoms with E-state index in [1.165, 1.54) is 5.57 Å². The van der Waals surface area contributed by atoms with E-state index in [0.29, 0.717) is 35.7 Å². The highest BCUT2D eigenvalue weighted by Crippen LogP contribution is 2.63. The summed E-state index contributed by atoms with van der Waals surface area (Å²) in [7, 11) is 0. The lowest BCUT2D eigenvalue weighted by molar-refractivity contribution is -0.0207. The third kappa shape index (κ3) is 3.28. The Morgan fingerprint density at radius 2 is 1.92 bits per heavy atom. The highest BCUT2D eigenvalue weighted by molar-refractivity contribution is 6.56. The van der Waals surface area contributed by atoms with Crippen molar-refractivity contribution < 1.29 is 10.2 Å². The zero-order valence-electron chi connectivity index (χ0n) is 14.9. The van der Waals surface area contributed by atoms with Crippen molar-refractivity contribution in [1.29, 1.82) is 0 Å². The molecule has 7 atom stereocenters. The molecule has 25 heavy (non-hydrogen) atoms. The fraction of sp³-hybridized carbons (Fsp3) is 0.895. The molecule has 0 aromatic rings. The molecular weight excluding hydrogens is 381 g/mol. The van der Waals surface area contributed by atoms with E-state index in [1.54, 1.807) is 0 Å². The number of aliphatic hydroxyl groups is 2. The molecule has 3 aliphatic carbocycles. The lowest BCUT2D eigenvalue weighted by Gasteiger charge is -2.55. The molecule has 0 radical (unpaired) electrons. The third-order valence-electron chi connectivity index (χ3n) is 7.65. The lowest BCUT2D eigenvalue weighted by atomic mass is 9.54. The van der Waals surface area contributed by atoms with Gasteiger partial charge in [0, 0.05) is 12.5 Å². The average Bonchev–Trinajstić information content (AvgIpc) is 2.93. The maximum atomic E-state index is 10.0. The van der Waals surface area contributed by atoms with Gasteiger partial charge in [-0.05, 0) is 80.2 Å². The predicted octanol–water partition coefficient (Wildman–Crippen LogP) is 4.21. The van der Waals surface area contributed by atoms with Gasteiger partial charge in [0.15, 0.2) is 0 Å². The second-order valence-corrected chi connectivity index (χ2v) is 10.2. The van der Waals surface area contributed by atoms with Crippen molar-refractivity contribution in [2.75, 3.05) is 13.2 Å². The van der Waals surface area contributed by atoms with Crippen molar-refractivity contribution in [3.05, 3.63) is 10.1 Å². The van der Waals surface area contributed by atoms with Crippen molar-refractivity contribution >= 4 is 34.8 Å². The Kier molecular flexibility index (Phi) is 6.06. The number of halogens is 3. The fourth-order valence-corrected chi connectivity index (χ4v) is 7.44. The summed E-state index contributed by atoms with van der Waals surface area (Å²) < 4.78 is 0.425. The summed E-state index contributed by atoms with van der Waals surface area (Å²) in [6.45, 7) is 2.89. The number of allylic oxidation sites excluding steroid dienone is 1. The van der Waals surface area contributed by atoms with Crippen LogP contribution < -0.4 is 5.73 Å². The Balaban J connectivity index is 1.91. The SMILES string of the molecule is CC12CCC(C3(Cl)CCC(O)CC3CO)[C@@H](CN)C1CCC2=C(Cl)Cl. The third-order valence-corrected chi connectivity index (χ3v) is 8.89. The van der Waals surface area contributed by atoms with Crippen molar-refractivity contribution in [2.24, 2.45) is 34.8 Å². The number of aliphatic hydroxyl groups excluding tert-OH is 2. The quantitative estimate of drug-likeness (QED) is 0.611. The number of hydrogen-bond acceptors (Lipinski definition) is 3. The first-order valence-electron chi connectivity index (χ1n) is 9.50. The first-order chi connectivity index (χ1) is 11.8. The Labute approximate surface area is 165 Å². The largest absolute Gasteiger partial charge is 0.396 e. The van der Waals surface area contributed by atoms with E-state index in [2.05, 4.69) is 6.92 Å². The van der Waals surface area contributed by atoms with Gasteiger partial charge < -0.3 is 15.9 Å². The molecule has 4 N–H and O–H groups in total. The first-order valence-corrected chi connectivity index (χ1v) is 10.6. The fourth-order valence-electron chi connectivity index (χ4n) is 6.28. The van der Waals surface area contributed by atoms with Crippen LogP contribution in [0.3, 0.4) is 0 Å². The second-order valence-electron chi connectivity index (χ2n) is 8.58. The Morgan fingerprint density at radius 1 is 1.20 bits per heavy atom. The highest BCUT2D eigenvalue weighted by atomic mass is 35.5. The van der Waals surface area contributed by atoms with Crippen LogP contribution in [-0.2, 0) is 0 Å². The molecule has 3 saturated carbocycles. The van der Waals surface area contributed by atoms with Gasteiger partial charge in [0.05, 0.1) is 11.0 Å². The number of nitrogens with two attached hydrogens (primary N) is 1. The van der Waals surface area contributed by atoms with Gasteiger partial charge in [0.25, 0.3) is 0 Å². The van der Waals surface area contributed by atoms with E-state index in [9.17, 15) is 10.2 Å². The zero-order chi connectivity index (χ0) is 18.4. The van der Waals surface area contributed by atoms with Gasteiger partial charge in [-0.2, -0.15) is 0 Å². The maximum absolute atomic E-state index is 10.0. The van der Waals surface area contributed by atoms with Crippen LogP contribution in [-0.4, -0.2) is 34.3 Å². The number of alkyl halides is 1. The van der Waals surface area contributed by atoms with Crippen molar-refractivity contribution in [1.82, 2.24) is 0 Å². The van der Waals surface area contributed by atoms with Crippen LogP contribution in [0.25, 0.3) is 0 Å². The van der Waals surface area contributed by atoms with Crippen molar-refractivity contribution in [3.8, 4) is 0 Å². The molecule has 3 rings (SSSR count). The van der Waals surface area contributed by atoms with Crippen LogP contribution in [0.1, 0.15) is 51.9 Å². The van der Waals surface area contributed by atoms with Crippen LogP contribution in [0.5, 0.6) is 0 Å². The highest BCUT2D eigenvalue weighted by Gasteiger charge is 2.58. The van der Waals surface area contributed by atoms with Crippen LogP contribution in [0.2, 0.25) is 0 Å². The molecule has 0 bridgehead atoms. The van der Waals surface area contributed by atoms with Gasteiger partial charge in [-0.25, -0.2) is 0 Å². The molecule has 0 aliphatic heterocycles. The van der Waals surface area contributed by atoms with Crippen molar-refractivity contribution in [2.45, 2.75) is 62.8 Å². The summed E-state index contributed by atoms with van der Waals surface area (Å²) in [5.74, 6) is 0.913. The van der Waals surface area contributed by atoms with Gasteiger partial charge in [-0.3, -0.25) is 0 Å². The average molecular weight is 411 g/mol. The minimum atomic E-state index is -0.476. The standard InChI is InChI=1S/C19H30Cl3NO2/c1-18-6-5-15(19(22)7-4-12(25)8-11(19)10-24)13(9-23)14(18)2-3-16(18)17(20)21/h11-15,24-25H,2-10,23H2,1H3/t11?,12?,13-,14?,15?,18?,19?/m0/s1. The van der Waals surface area contributed by atoms with Crippen LogP contribution in [0.15, 0.2) is 10.1 Å². The monoisotopic (exact) mass is 409 g/mol. The Hall–Kier alpha value is 0.490. The minimum Gasteiger partial charge on any atom is -0.396 e. The molecule has 0 saturated heterocycles. The van der Waals surface area contributed by atoms with Crippen molar-refractivity contribution in [3.63, 3.8) is 0 Å². The predicted molar refractivity (Wildman–Crippen MR) is 104 cm³/mol. The summed E-state index contributed by atoms with van der Waals surface area (Å²) in [5, 5.41) is 19.9. The normalized spacial score (nSPS) is 47.6. The zero-order valence-corrected chi connectivity index (χ0v) is 17.1. The van der Waals surface area contributed by atoms with E-state index < -0.39 is 4.87 Å². The van der Waals surface area contributed by atoms with Gasteiger partial charge in [-0.1, -0.05) is 30.1 Å². The van der Waals surface area contributed by atoms with Gasteiger partial charge in [-0.15, -0.1) is 11.6 Å².